The molecule has 1 aromatic rings. The maximum absolute atomic E-state index is 12.1. The first-order chi connectivity index (χ1) is 9.08. The zero-order valence-corrected chi connectivity index (χ0v) is 11.2. The van der Waals surface area contributed by atoms with Crippen LogP contribution in [-0.2, 0) is 4.79 Å². The number of anilines is 1. The minimum atomic E-state index is -0.550. The van der Waals surface area contributed by atoms with E-state index in [1.807, 2.05) is 0 Å². The molecule has 6 heteroatoms. The van der Waals surface area contributed by atoms with Crippen molar-refractivity contribution in [3.63, 3.8) is 0 Å². The highest BCUT2D eigenvalue weighted by atomic mass is 35.5. The van der Waals surface area contributed by atoms with E-state index in [1.165, 1.54) is 12.1 Å². The summed E-state index contributed by atoms with van der Waals surface area (Å²) in [4.78, 5) is 23.2. The van der Waals surface area contributed by atoms with Crippen molar-refractivity contribution >= 4 is 29.1 Å². The minimum Gasteiger partial charge on any atom is -0.366 e. The number of benzene rings is 1. The van der Waals surface area contributed by atoms with Crippen molar-refractivity contribution in [2.45, 2.75) is 12.8 Å². The predicted molar refractivity (Wildman–Crippen MR) is 74.2 cm³/mol. The molecule has 0 aliphatic carbocycles. The lowest BCUT2D eigenvalue weighted by atomic mass is 9.98. The first-order valence-electron chi connectivity index (χ1n) is 6.19. The maximum atomic E-state index is 12.1. The van der Waals surface area contributed by atoms with Gasteiger partial charge in [0, 0.05) is 12.1 Å². The van der Waals surface area contributed by atoms with Crippen LogP contribution in [0.1, 0.15) is 23.2 Å². The van der Waals surface area contributed by atoms with Gasteiger partial charge in [0.15, 0.2) is 0 Å². The second kappa shape index (κ2) is 6.04. The molecular weight excluding hydrogens is 266 g/mol. The van der Waals surface area contributed by atoms with E-state index in [9.17, 15) is 9.59 Å². The van der Waals surface area contributed by atoms with Crippen LogP contribution in [0.15, 0.2) is 18.2 Å². The fourth-order valence-electron chi connectivity index (χ4n) is 2.08. The summed E-state index contributed by atoms with van der Waals surface area (Å²) in [7, 11) is 0. The van der Waals surface area contributed by atoms with Gasteiger partial charge in [-0.1, -0.05) is 11.6 Å². The van der Waals surface area contributed by atoms with Gasteiger partial charge < -0.3 is 16.4 Å². The van der Waals surface area contributed by atoms with Crippen molar-refractivity contribution in [1.29, 1.82) is 0 Å². The third-order valence-corrected chi connectivity index (χ3v) is 3.51. The normalized spacial score (nSPS) is 18.9. The van der Waals surface area contributed by atoms with E-state index in [0.29, 0.717) is 22.8 Å². The van der Waals surface area contributed by atoms with Crippen molar-refractivity contribution in [3.05, 3.63) is 28.8 Å². The number of piperidine rings is 1. The van der Waals surface area contributed by atoms with E-state index < -0.39 is 5.91 Å². The molecule has 2 amide bonds. The van der Waals surface area contributed by atoms with Gasteiger partial charge in [-0.3, -0.25) is 9.59 Å². The smallest absolute Gasteiger partial charge is 0.248 e. The number of carbonyl (C=O) groups excluding carboxylic acids is 2. The average Bonchev–Trinajstić information content (AvgIpc) is 2.42. The Morgan fingerprint density at radius 2 is 2.21 bits per heavy atom. The number of nitrogens with one attached hydrogen (secondary N) is 2. The molecule has 0 saturated carbocycles. The summed E-state index contributed by atoms with van der Waals surface area (Å²) in [5.41, 5.74) is 5.95. The predicted octanol–water partition coefficient (Wildman–Crippen LogP) is 1.38. The van der Waals surface area contributed by atoms with Crippen molar-refractivity contribution < 1.29 is 9.59 Å². The molecule has 0 bridgehead atoms. The van der Waals surface area contributed by atoms with Crippen LogP contribution in [0.3, 0.4) is 0 Å². The first-order valence-corrected chi connectivity index (χ1v) is 6.56. The SMILES string of the molecule is NC(=O)c1ccc(Cl)c(NC(=O)[C@@H]2CCCNC2)c1. The highest BCUT2D eigenvalue weighted by molar-refractivity contribution is 6.33. The Balaban J connectivity index is 2.11. The monoisotopic (exact) mass is 281 g/mol. The molecule has 5 nitrogen and oxygen atoms in total. The number of hydrogen-bond acceptors (Lipinski definition) is 3. The second-order valence-electron chi connectivity index (χ2n) is 4.59. The summed E-state index contributed by atoms with van der Waals surface area (Å²) in [6, 6.07) is 4.58. The molecule has 0 unspecified atom stereocenters. The van der Waals surface area contributed by atoms with Crippen LogP contribution in [0.25, 0.3) is 0 Å². The number of rotatable bonds is 3. The fourth-order valence-corrected chi connectivity index (χ4v) is 2.25. The number of primary amides is 1. The summed E-state index contributed by atoms with van der Waals surface area (Å²) in [5, 5.41) is 6.33. The average molecular weight is 282 g/mol. The first kappa shape index (κ1) is 13.8. The standard InChI is InChI=1S/C13H16ClN3O2/c14-10-4-3-8(12(15)18)6-11(10)17-13(19)9-2-1-5-16-7-9/h3-4,6,9,16H,1-2,5,7H2,(H2,15,18)(H,17,19)/t9-/m1/s1. The molecule has 0 spiro atoms. The number of halogens is 1. The Hall–Kier alpha value is -1.59. The molecule has 1 fully saturated rings. The van der Waals surface area contributed by atoms with E-state index in [4.69, 9.17) is 17.3 Å². The van der Waals surface area contributed by atoms with Crippen LogP contribution in [0.5, 0.6) is 0 Å². The molecule has 1 aliphatic heterocycles. The van der Waals surface area contributed by atoms with Gasteiger partial charge in [0.2, 0.25) is 11.8 Å². The lowest BCUT2D eigenvalue weighted by Crippen LogP contribution is -2.37. The van der Waals surface area contributed by atoms with Gasteiger partial charge in [0.1, 0.15) is 0 Å². The van der Waals surface area contributed by atoms with Gasteiger partial charge in [-0.25, -0.2) is 0 Å². The van der Waals surface area contributed by atoms with Gasteiger partial charge in [0.05, 0.1) is 16.6 Å². The summed E-state index contributed by atoms with van der Waals surface area (Å²) in [6.07, 6.45) is 1.83. The third kappa shape index (κ3) is 3.45. The van der Waals surface area contributed by atoms with E-state index in [-0.39, 0.29) is 11.8 Å². The molecule has 1 heterocycles. The molecule has 4 N–H and O–H groups in total. The van der Waals surface area contributed by atoms with Crippen LogP contribution in [-0.4, -0.2) is 24.9 Å². The molecule has 102 valence electrons. The lowest BCUT2D eigenvalue weighted by molar-refractivity contribution is -0.120. The fraction of sp³-hybridized carbons (Fsp3) is 0.385. The zero-order chi connectivity index (χ0) is 13.8. The van der Waals surface area contributed by atoms with Gasteiger partial charge in [0.25, 0.3) is 0 Å². The Bertz CT molecular complexity index is 499. The molecule has 1 aliphatic rings. The van der Waals surface area contributed by atoms with E-state index in [2.05, 4.69) is 10.6 Å². The molecule has 1 saturated heterocycles. The summed E-state index contributed by atoms with van der Waals surface area (Å²) < 4.78 is 0. The topological polar surface area (TPSA) is 84.2 Å². The lowest BCUT2D eigenvalue weighted by Gasteiger charge is -2.22. The Kier molecular flexibility index (Phi) is 4.39. The van der Waals surface area contributed by atoms with E-state index in [0.717, 1.165) is 19.4 Å². The van der Waals surface area contributed by atoms with Crippen LogP contribution in [0, 0.1) is 5.92 Å². The van der Waals surface area contributed by atoms with Crippen molar-refractivity contribution in [2.24, 2.45) is 11.7 Å². The Morgan fingerprint density at radius 1 is 1.42 bits per heavy atom. The van der Waals surface area contributed by atoms with Crippen LogP contribution >= 0.6 is 11.6 Å². The molecule has 2 rings (SSSR count). The maximum Gasteiger partial charge on any atom is 0.248 e. The van der Waals surface area contributed by atoms with Crippen molar-refractivity contribution in [2.75, 3.05) is 18.4 Å². The summed E-state index contributed by atoms with van der Waals surface area (Å²) in [6.45, 7) is 1.61. The molecule has 1 atom stereocenters. The zero-order valence-electron chi connectivity index (χ0n) is 10.4. The van der Waals surface area contributed by atoms with Gasteiger partial charge in [-0.05, 0) is 37.6 Å². The van der Waals surface area contributed by atoms with Gasteiger partial charge in [-0.15, -0.1) is 0 Å². The van der Waals surface area contributed by atoms with Crippen LogP contribution < -0.4 is 16.4 Å². The third-order valence-electron chi connectivity index (χ3n) is 3.18. The molecule has 19 heavy (non-hydrogen) atoms. The quantitative estimate of drug-likeness (QED) is 0.782. The number of hydrogen-bond donors (Lipinski definition) is 3. The summed E-state index contributed by atoms with van der Waals surface area (Å²) >= 11 is 6.00. The van der Waals surface area contributed by atoms with Crippen LogP contribution in [0.2, 0.25) is 5.02 Å². The summed E-state index contributed by atoms with van der Waals surface area (Å²) in [5.74, 6) is -0.704. The number of carbonyl (C=O) groups is 2. The van der Waals surface area contributed by atoms with Crippen molar-refractivity contribution in [3.8, 4) is 0 Å². The minimum absolute atomic E-state index is 0.0675. The molecule has 0 aromatic heterocycles. The number of amides is 2. The number of nitrogens with two attached hydrogens (primary N) is 1. The van der Waals surface area contributed by atoms with Crippen LogP contribution in [0.4, 0.5) is 5.69 Å². The molecule has 0 radical (unpaired) electrons. The highest BCUT2D eigenvalue weighted by Crippen LogP contribution is 2.24. The van der Waals surface area contributed by atoms with Crippen molar-refractivity contribution in [1.82, 2.24) is 5.32 Å². The van der Waals surface area contributed by atoms with Gasteiger partial charge >= 0.3 is 0 Å². The van der Waals surface area contributed by atoms with E-state index in [1.54, 1.807) is 6.07 Å². The Labute approximate surface area is 116 Å². The molecule has 1 aromatic carbocycles. The Morgan fingerprint density at radius 3 is 2.84 bits per heavy atom. The van der Waals surface area contributed by atoms with Gasteiger partial charge in [-0.2, -0.15) is 0 Å². The second-order valence-corrected chi connectivity index (χ2v) is 5.00. The highest BCUT2D eigenvalue weighted by Gasteiger charge is 2.21. The largest absolute Gasteiger partial charge is 0.366 e. The van der Waals surface area contributed by atoms with E-state index >= 15 is 0 Å². The molecular formula is C13H16ClN3O2.